The molecule has 0 saturated carbocycles. The van der Waals surface area contributed by atoms with Crippen LogP contribution in [-0.4, -0.2) is 9.36 Å². The Hall–Kier alpha value is -1.68. The summed E-state index contributed by atoms with van der Waals surface area (Å²) in [6.45, 7) is 3.99. The predicted molar refractivity (Wildman–Crippen MR) is 79.2 cm³/mol. The highest BCUT2D eigenvalue weighted by Crippen LogP contribution is 2.20. The monoisotopic (exact) mass is 279 g/mol. The van der Waals surface area contributed by atoms with E-state index in [9.17, 15) is 4.79 Å². The fourth-order valence-electron chi connectivity index (χ4n) is 2.21. The number of anilines is 1. The molecule has 0 radical (unpaired) electrons. The molecule has 4 nitrogen and oxygen atoms in total. The van der Waals surface area contributed by atoms with E-state index in [1.54, 1.807) is 10.7 Å². The molecular weight excluding hydrogens is 262 g/mol. The third-order valence-electron chi connectivity index (χ3n) is 3.31. The molecule has 0 saturated heterocycles. The van der Waals surface area contributed by atoms with Gasteiger partial charge in [-0.3, -0.25) is 9.48 Å². The summed E-state index contributed by atoms with van der Waals surface area (Å²) in [4.78, 5) is 12.3. The Bertz CT molecular complexity index is 670. The Balaban J connectivity index is 2.65. The maximum atomic E-state index is 12.3. The first-order valence-electron chi connectivity index (χ1n) is 6.30. The molecule has 2 aromatic rings. The van der Waals surface area contributed by atoms with Crippen LogP contribution in [0.15, 0.2) is 23.0 Å². The molecule has 2 N–H and O–H groups in total. The van der Waals surface area contributed by atoms with Crippen molar-refractivity contribution in [1.29, 1.82) is 0 Å². The summed E-state index contributed by atoms with van der Waals surface area (Å²) in [7, 11) is 1.84. The quantitative estimate of drug-likeness (QED) is 0.939. The molecule has 1 heterocycles. The van der Waals surface area contributed by atoms with Crippen LogP contribution in [-0.2, 0) is 13.5 Å². The molecule has 0 atom stereocenters. The molecule has 102 valence electrons. The number of benzene rings is 1. The lowest BCUT2D eigenvalue weighted by atomic mass is 10.2. The van der Waals surface area contributed by atoms with Crippen LogP contribution in [0.3, 0.4) is 0 Å². The van der Waals surface area contributed by atoms with Crippen LogP contribution in [0.1, 0.15) is 24.6 Å². The fourth-order valence-corrected chi connectivity index (χ4v) is 2.38. The molecule has 5 heteroatoms. The van der Waals surface area contributed by atoms with Crippen LogP contribution >= 0.6 is 11.6 Å². The number of nitrogens with zero attached hydrogens (tertiary/aromatic N) is 2. The number of nitrogens with two attached hydrogens (primary N) is 1. The van der Waals surface area contributed by atoms with Gasteiger partial charge in [0, 0.05) is 12.1 Å². The van der Waals surface area contributed by atoms with E-state index in [0.29, 0.717) is 10.7 Å². The van der Waals surface area contributed by atoms with Crippen molar-refractivity contribution < 1.29 is 0 Å². The lowest BCUT2D eigenvalue weighted by molar-refractivity contribution is 0.610. The molecule has 0 aliphatic carbocycles. The maximum Gasteiger partial charge on any atom is 0.294 e. The molecule has 2 rings (SSSR count). The molecule has 0 amide bonds. The van der Waals surface area contributed by atoms with Crippen LogP contribution in [0.4, 0.5) is 5.69 Å². The van der Waals surface area contributed by atoms with E-state index in [4.69, 9.17) is 17.3 Å². The average molecular weight is 280 g/mol. The van der Waals surface area contributed by atoms with Crippen molar-refractivity contribution >= 4 is 17.3 Å². The van der Waals surface area contributed by atoms with Crippen LogP contribution in [0, 0.1) is 6.92 Å². The minimum atomic E-state index is -0.189. The molecule has 0 aliphatic rings. The lowest BCUT2D eigenvalue weighted by Crippen LogP contribution is -2.20. The molecule has 0 bridgehead atoms. The number of rotatable bonds is 3. The first-order valence-corrected chi connectivity index (χ1v) is 6.68. The third-order valence-corrected chi connectivity index (χ3v) is 3.72. The van der Waals surface area contributed by atoms with E-state index < -0.39 is 0 Å². The molecule has 0 fully saturated rings. The van der Waals surface area contributed by atoms with E-state index in [2.05, 4.69) is 6.92 Å². The second-order valence-corrected chi connectivity index (χ2v) is 5.09. The summed E-state index contributed by atoms with van der Waals surface area (Å²) in [5.41, 5.74) is 8.62. The summed E-state index contributed by atoms with van der Waals surface area (Å²) in [6.07, 6.45) is 1.72. The van der Waals surface area contributed by atoms with Gasteiger partial charge in [0.1, 0.15) is 5.69 Å². The standard InChI is InChI=1S/C14H18ClN3O/c1-4-5-12-13(16)14(19)18(17(12)3)10-7-6-9(2)11(15)8-10/h6-8H,4-5,16H2,1-3H3. The van der Waals surface area contributed by atoms with Crippen molar-refractivity contribution in [3.05, 3.63) is 44.8 Å². The number of hydrogen-bond acceptors (Lipinski definition) is 2. The number of aromatic nitrogens is 2. The fraction of sp³-hybridized carbons (Fsp3) is 0.357. The van der Waals surface area contributed by atoms with Crippen molar-refractivity contribution in [3.63, 3.8) is 0 Å². The second kappa shape index (κ2) is 5.13. The summed E-state index contributed by atoms with van der Waals surface area (Å²) in [5.74, 6) is 0. The number of hydrogen-bond donors (Lipinski definition) is 1. The van der Waals surface area contributed by atoms with Crippen molar-refractivity contribution in [2.75, 3.05) is 5.73 Å². The zero-order valence-corrected chi connectivity index (χ0v) is 12.2. The lowest BCUT2D eigenvalue weighted by Gasteiger charge is -2.10. The SMILES string of the molecule is CCCc1c(N)c(=O)n(-c2ccc(C)c(Cl)c2)n1C. The van der Waals surface area contributed by atoms with E-state index >= 15 is 0 Å². The molecule has 1 aromatic heterocycles. The summed E-state index contributed by atoms with van der Waals surface area (Å²) in [5, 5.41) is 0.640. The average Bonchev–Trinajstić information content (AvgIpc) is 2.58. The van der Waals surface area contributed by atoms with Crippen molar-refractivity contribution in [2.45, 2.75) is 26.7 Å². The number of aryl methyl sites for hydroxylation is 1. The molecule has 0 aliphatic heterocycles. The number of nitrogen functional groups attached to an aromatic ring is 1. The molecule has 1 aromatic carbocycles. The highest BCUT2D eigenvalue weighted by atomic mass is 35.5. The van der Waals surface area contributed by atoms with Crippen molar-refractivity contribution in [1.82, 2.24) is 9.36 Å². The Labute approximate surface area is 117 Å². The summed E-state index contributed by atoms with van der Waals surface area (Å²) < 4.78 is 3.37. The first kappa shape index (κ1) is 13.7. The van der Waals surface area contributed by atoms with E-state index in [0.717, 1.165) is 29.8 Å². The van der Waals surface area contributed by atoms with Crippen LogP contribution < -0.4 is 11.3 Å². The van der Waals surface area contributed by atoms with Gasteiger partial charge in [0.25, 0.3) is 5.56 Å². The Morgan fingerprint density at radius 2 is 2.05 bits per heavy atom. The van der Waals surface area contributed by atoms with Crippen molar-refractivity contribution in [3.8, 4) is 5.69 Å². The molecule has 0 spiro atoms. The largest absolute Gasteiger partial charge is 0.393 e. The summed E-state index contributed by atoms with van der Waals surface area (Å²) >= 11 is 6.12. The smallest absolute Gasteiger partial charge is 0.294 e. The Morgan fingerprint density at radius 3 is 2.63 bits per heavy atom. The Morgan fingerprint density at radius 1 is 1.37 bits per heavy atom. The van der Waals surface area contributed by atoms with E-state index in [1.165, 1.54) is 0 Å². The van der Waals surface area contributed by atoms with Gasteiger partial charge in [0.2, 0.25) is 0 Å². The Kier molecular flexibility index (Phi) is 3.71. The van der Waals surface area contributed by atoms with Gasteiger partial charge >= 0.3 is 0 Å². The number of halogens is 1. The first-order chi connectivity index (χ1) is 8.97. The molecular formula is C14H18ClN3O. The van der Waals surface area contributed by atoms with Gasteiger partial charge < -0.3 is 5.73 Å². The van der Waals surface area contributed by atoms with Crippen LogP contribution in [0.5, 0.6) is 0 Å². The van der Waals surface area contributed by atoms with E-state index in [1.807, 2.05) is 30.8 Å². The maximum absolute atomic E-state index is 12.3. The van der Waals surface area contributed by atoms with Gasteiger partial charge in [-0.2, -0.15) is 0 Å². The normalized spacial score (nSPS) is 10.9. The van der Waals surface area contributed by atoms with Gasteiger partial charge in [-0.05, 0) is 31.0 Å². The predicted octanol–water partition coefficient (Wildman–Crippen LogP) is 2.67. The van der Waals surface area contributed by atoms with E-state index in [-0.39, 0.29) is 5.56 Å². The van der Waals surface area contributed by atoms with Gasteiger partial charge in [-0.15, -0.1) is 0 Å². The second-order valence-electron chi connectivity index (χ2n) is 4.68. The highest BCUT2D eigenvalue weighted by molar-refractivity contribution is 6.31. The van der Waals surface area contributed by atoms with Crippen molar-refractivity contribution in [2.24, 2.45) is 7.05 Å². The molecule has 0 unspecified atom stereocenters. The van der Waals surface area contributed by atoms with Crippen LogP contribution in [0.2, 0.25) is 5.02 Å². The van der Waals surface area contributed by atoms with Gasteiger partial charge in [-0.25, -0.2) is 4.68 Å². The molecule has 19 heavy (non-hydrogen) atoms. The van der Waals surface area contributed by atoms with Gasteiger partial charge in [0.15, 0.2) is 0 Å². The topological polar surface area (TPSA) is 53.0 Å². The highest BCUT2D eigenvalue weighted by Gasteiger charge is 2.16. The van der Waals surface area contributed by atoms with Crippen LogP contribution in [0.25, 0.3) is 5.69 Å². The zero-order valence-electron chi connectivity index (χ0n) is 11.4. The minimum absolute atomic E-state index is 0.189. The summed E-state index contributed by atoms with van der Waals surface area (Å²) in [6, 6.07) is 5.55. The third kappa shape index (κ3) is 2.28. The van der Waals surface area contributed by atoms with Gasteiger partial charge in [0.05, 0.1) is 11.4 Å². The minimum Gasteiger partial charge on any atom is -0.393 e. The van der Waals surface area contributed by atoms with Gasteiger partial charge in [-0.1, -0.05) is 31.0 Å². The zero-order chi connectivity index (χ0) is 14.2.